The van der Waals surface area contributed by atoms with Crippen LogP contribution in [0.15, 0.2) is 206 Å². The molecule has 1 aliphatic carbocycles. The van der Waals surface area contributed by atoms with Gasteiger partial charge in [-0.3, -0.25) is 0 Å². The highest BCUT2D eigenvalue weighted by molar-refractivity contribution is 6.09. The van der Waals surface area contributed by atoms with Gasteiger partial charge in [-0.25, -0.2) is 0 Å². The fourth-order valence-electron chi connectivity index (χ4n) is 7.34. The maximum Gasteiger partial charge on any atom is 0.0541 e. The van der Waals surface area contributed by atoms with E-state index in [9.17, 15) is 0 Å². The zero-order chi connectivity index (χ0) is 36.1. The lowest BCUT2D eigenvalue weighted by Crippen LogP contribution is -2.15. The molecule has 8 rings (SSSR count). The van der Waals surface area contributed by atoms with Crippen molar-refractivity contribution in [2.24, 2.45) is 5.92 Å². The Morgan fingerprint density at radius 2 is 1.21 bits per heavy atom. The molecule has 0 fully saturated rings. The Hall–Kier alpha value is -6.60. The summed E-state index contributed by atoms with van der Waals surface area (Å²) in [6.07, 6.45) is 14.4. The van der Waals surface area contributed by atoms with Gasteiger partial charge in [0.05, 0.1) is 11.0 Å². The summed E-state index contributed by atoms with van der Waals surface area (Å²) in [5.41, 5.74) is 16.8. The SMILES string of the molecule is C=C=C(/C=C\C(=C/C)N(c1ccc(C2=CCC(C)C=C2)cc1)c1ccc(-c2ccc(-n3c4ccccc4c4ccccc43)cc2)cc1)c1ccccc1. The Morgan fingerprint density at radius 1 is 0.660 bits per heavy atom. The number of aromatic nitrogens is 1. The van der Waals surface area contributed by atoms with Crippen LogP contribution in [0.5, 0.6) is 0 Å². The van der Waals surface area contributed by atoms with Gasteiger partial charge < -0.3 is 9.47 Å². The van der Waals surface area contributed by atoms with Crippen molar-refractivity contribution in [1.82, 2.24) is 4.57 Å². The van der Waals surface area contributed by atoms with Gasteiger partial charge in [0.2, 0.25) is 0 Å². The van der Waals surface area contributed by atoms with Gasteiger partial charge in [0.1, 0.15) is 0 Å². The molecule has 0 N–H and O–H groups in total. The molecule has 2 heteroatoms. The molecule has 0 saturated carbocycles. The van der Waals surface area contributed by atoms with Crippen LogP contribution >= 0.6 is 0 Å². The molecule has 1 atom stereocenters. The van der Waals surface area contributed by atoms with E-state index >= 15 is 0 Å². The van der Waals surface area contributed by atoms with E-state index < -0.39 is 0 Å². The van der Waals surface area contributed by atoms with Crippen LogP contribution in [-0.4, -0.2) is 4.57 Å². The molecule has 0 spiro atoms. The van der Waals surface area contributed by atoms with Crippen LogP contribution in [-0.2, 0) is 0 Å². The average Bonchev–Trinajstić information content (AvgIpc) is 3.56. The van der Waals surface area contributed by atoms with Gasteiger partial charge in [-0.2, -0.15) is 0 Å². The third-order valence-corrected chi connectivity index (χ3v) is 10.2. The molecule has 1 unspecified atom stereocenters. The second-order valence-electron chi connectivity index (χ2n) is 13.6. The smallest absolute Gasteiger partial charge is 0.0541 e. The van der Waals surface area contributed by atoms with E-state index in [2.05, 4.69) is 206 Å². The molecule has 1 heterocycles. The second kappa shape index (κ2) is 14.9. The first-order valence-electron chi connectivity index (χ1n) is 18.4. The first-order chi connectivity index (χ1) is 26.1. The highest BCUT2D eigenvalue weighted by Gasteiger charge is 2.16. The number of hydrogen-bond acceptors (Lipinski definition) is 1. The lowest BCUT2D eigenvalue weighted by Gasteiger charge is -2.27. The Bertz CT molecular complexity index is 2520. The van der Waals surface area contributed by atoms with Crippen molar-refractivity contribution in [2.45, 2.75) is 20.3 Å². The number of anilines is 2. The predicted molar refractivity (Wildman–Crippen MR) is 228 cm³/mol. The lowest BCUT2D eigenvalue weighted by molar-refractivity contribution is 0.739. The van der Waals surface area contributed by atoms with Gasteiger partial charge in [-0.1, -0.05) is 141 Å². The third-order valence-electron chi connectivity index (χ3n) is 10.2. The highest BCUT2D eigenvalue weighted by Crippen LogP contribution is 2.36. The number of benzene rings is 6. The Balaban J connectivity index is 1.12. The fourth-order valence-corrected chi connectivity index (χ4v) is 7.34. The minimum absolute atomic E-state index is 0.587. The van der Waals surface area contributed by atoms with Crippen molar-refractivity contribution in [3.8, 4) is 16.8 Å². The second-order valence-corrected chi connectivity index (χ2v) is 13.6. The van der Waals surface area contributed by atoms with E-state index in [1.807, 2.05) is 18.2 Å². The summed E-state index contributed by atoms with van der Waals surface area (Å²) in [5.74, 6) is 0.587. The van der Waals surface area contributed by atoms with E-state index in [4.69, 9.17) is 0 Å². The fraction of sp³-hybridized carbons (Fsp3) is 0.0784. The zero-order valence-electron chi connectivity index (χ0n) is 30.3. The Morgan fingerprint density at radius 3 is 1.75 bits per heavy atom. The summed E-state index contributed by atoms with van der Waals surface area (Å²) in [6.45, 7) is 8.34. The summed E-state index contributed by atoms with van der Waals surface area (Å²) in [7, 11) is 0. The van der Waals surface area contributed by atoms with E-state index in [-0.39, 0.29) is 0 Å². The first-order valence-corrected chi connectivity index (χ1v) is 18.4. The summed E-state index contributed by atoms with van der Waals surface area (Å²) in [6, 6.07) is 54.3. The minimum Gasteiger partial charge on any atom is -0.311 e. The molecule has 1 aliphatic rings. The Kier molecular flexibility index (Phi) is 9.45. The molecule has 0 radical (unpaired) electrons. The molecule has 6 aromatic carbocycles. The van der Waals surface area contributed by atoms with Gasteiger partial charge >= 0.3 is 0 Å². The third kappa shape index (κ3) is 6.77. The van der Waals surface area contributed by atoms with E-state index in [0.29, 0.717) is 5.92 Å². The Labute approximate surface area is 313 Å². The topological polar surface area (TPSA) is 8.17 Å². The number of nitrogens with zero attached hydrogens (tertiary/aromatic N) is 2. The van der Waals surface area contributed by atoms with Crippen LogP contribution in [0.3, 0.4) is 0 Å². The highest BCUT2D eigenvalue weighted by atomic mass is 15.1. The monoisotopic (exact) mass is 682 g/mol. The summed E-state index contributed by atoms with van der Waals surface area (Å²) >= 11 is 0. The average molecular weight is 683 g/mol. The molecule has 2 nitrogen and oxygen atoms in total. The number of fused-ring (bicyclic) bond motifs is 3. The maximum atomic E-state index is 3.99. The molecule has 7 aromatic rings. The van der Waals surface area contributed by atoms with Crippen LogP contribution in [0.4, 0.5) is 11.4 Å². The lowest BCUT2D eigenvalue weighted by atomic mass is 9.94. The normalized spacial score (nSPS) is 14.4. The molecule has 0 aliphatic heterocycles. The zero-order valence-corrected chi connectivity index (χ0v) is 30.3. The molecule has 1 aromatic heterocycles. The quantitative estimate of drug-likeness (QED) is 0.109. The van der Waals surface area contributed by atoms with Gasteiger partial charge in [0, 0.05) is 39.1 Å². The number of hydrogen-bond donors (Lipinski definition) is 0. The van der Waals surface area contributed by atoms with Gasteiger partial charge in [-0.05, 0) is 108 Å². The standard InChI is InChI=1S/C51H42N2/c1-4-38(39-13-7-6-8-14-39)23-30-44(5-2)52(45-31-24-41(25-32-45)40-21-19-37(3)20-22-40)46-33-26-42(27-34-46)43-28-35-47(36-29-43)53-50-17-11-9-15-48(50)49-16-10-12-18-51(49)53/h5-19,21-37H,1,20H2,2-3H3/b30-23-,44-5+. The van der Waals surface area contributed by atoms with Gasteiger partial charge in [-0.15, -0.1) is 5.73 Å². The van der Waals surface area contributed by atoms with Crippen molar-refractivity contribution in [2.75, 3.05) is 4.90 Å². The van der Waals surface area contributed by atoms with E-state index in [0.717, 1.165) is 40.3 Å². The van der Waals surface area contributed by atoms with Gasteiger partial charge in [0.25, 0.3) is 0 Å². The molecule has 0 amide bonds. The van der Waals surface area contributed by atoms with Crippen molar-refractivity contribution in [1.29, 1.82) is 0 Å². The largest absolute Gasteiger partial charge is 0.311 e. The molecular weight excluding hydrogens is 641 g/mol. The molecule has 53 heavy (non-hydrogen) atoms. The van der Waals surface area contributed by atoms with E-state index in [1.54, 1.807) is 0 Å². The summed E-state index contributed by atoms with van der Waals surface area (Å²) in [5, 5.41) is 2.54. The van der Waals surface area contributed by atoms with Crippen molar-refractivity contribution >= 4 is 44.3 Å². The molecule has 256 valence electrons. The predicted octanol–water partition coefficient (Wildman–Crippen LogP) is 13.9. The first kappa shape index (κ1) is 33.5. The van der Waals surface area contributed by atoms with Crippen LogP contribution < -0.4 is 4.90 Å². The number of allylic oxidation sites excluding steroid dienone is 8. The summed E-state index contributed by atoms with van der Waals surface area (Å²) in [4.78, 5) is 2.31. The number of rotatable bonds is 9. The molecule has 0 bridgehead atoms. The molecule has 0 saturated heterocycles. The van der Waals surface area contributed by atoms with E-state index in [1.165, 1.54) is 44.1 Å². The molecular formula is C51H42N2. The number of para-hydroxylation sites is 2. The maximum absolute atomic E-state index is 3.99. The van der Waals surface area contributed by atoms with Crippen LogP contribution in [0, 0.1) is 5.92 Å². The van der Waals surface area contributed by atoms with Crippen LogP contribution in [0.25, 0.3) is 49.8 Å². The minimum atomic E-state index is 0.587. The van der Waals surface area contributed by atoms with Crippen molar-refractivity contribution < 1.29 is 0 Å². The summed E-state index contributed by atoms with van der Waals surface area (Å²) < 4.78 is 2.36. The van der Waals surface area contributed by atoms with Crippen LogP contribution in [0.1, 0.15) is 31.4 Å². The van der Waals surface area contributed by atoms with Crippen molar-refractivity contribution in [3.63, 3.8) is 0 Å². The van der Waals surface area contributed by atoms with Crippen LogP contribution in [0.2, 0.25) is 0 Å². The van der Waals surface area contributed by atoms with Gasteiger partial charge in [0.15, 0.2) is 0 Å². The van der Waals surface area contributed by atoms with Crippen molar-refractivity contribution in [3.05, 3.63) is 217 Å².